The molecule has 0 aliphatic rings. The summed E-state index contributed by atoms with van der Waals surface area (Å²) in [6.07, 6.45) is 1.59. The van der Waals surface area contributed by atoms with Crippen LogP contribution in [0.4, 0.5) is 0 Å². The lowest BCUT2D eigenvalue weighted by atomic mass is 10.3. The maximum Gasteiger partial charge on any atom is 0.158 e. The lowest BCUT2D eigenvalue weighted by molar-refractivity contribution is 0.265. The molecule has 0 radical (unpaired) electrons. The van der Waals surface area contributed by atoms with E-state index in [4.69, 9.17) is 5.11 Å². The molecule has 0 fully saturated rings. The van der Waals surface area contributed by atoms with Crippen molar-refractivity contribution < 1.29 is 5.11 Å². The first-order chi connectivity index (χ1) is 7.29. The molecule has 1 N–H and O–H groups in total. The van der Waals surface area contributed by atoms with Crippen LogP contribution in [0.25, 0.3) is 0 Å². The number of aryl methyl sites for hydroxylation is 1. The van der Waals surface area contributed by atoms with E-state index in [1.54, 1.807) is 10.9 Å². The highest BCUT2D eigenvalue weighted by Gasteiger charge is 2.03. The van der Waals surface area contributed by atoms with Crippen LogP contribution >= 0.6 is 0 Å². The smallest absolute Gasteiger partial charge is 0.158 e. The third-order valence-electron chi connectivity index (χ3n) is 2.12. The maximum atomic E-state index is 9.00. The molecule has 78 valence electrons. The van der Waals surface area contributed by atoms with E-state index >= 15 is 0 Å². The van der Waals surface area contributed by atoms with E-state index in [1.165, 1.54) is 0 Å². The summed E-state index contributed by atoms with van der Waals surface area (Å²) in [6, 6.07) is 5.84. The zero-order chi connectivity index (χ0) is 10.7. The Labute approximate surface area is 87.4 Å². The van der Waals surface area contributed by atoms with E-state index in [0.29, 0.717) is 12.4 Å². The Balaban J connectivity index is 2.22. The molecule has 0 bridgehead atoms. The van der Waals surface area contributed by atoms with Crippen molar-refractivity contribution in [3.8, 4) is 0 Å². The Kier molecular flexibility index (Phi) is 2.73. The first-order valence-electron chi connectivity index (χ1n) is 4.69. The molecular formula is C10H12N4O. The average molecular weight is 204 g/mol. The third-order valence-corrected chi connectivity index (χ3v) is 2.12. The highest BCUT2D eigenvalue weighted by atomic mass is 16.3. The van der Waals surface area contributed by atoms with Gasteiger partial charge in [0.15, 0.2) is 5.82 Å². The molecule has 0 amide bonds. The van der Waals surface area contributed by atoms with Crippen molar-refractivity contribution in [3.63, 3.8) is 0 Å². The normalized spacial score (nSPS) is 10.5. The van der Waals surface area contributed by atoms with Gasteiger partial charge in [-0.25, -0.2) is 0 Å². The van der Waals surface area contributed by atoms with Gasteiger partial charge in [-0.2, -0.15) is 0 Å². The van der Waals surface area contributed by atoms with Crippen molar-refractivity contribution in [2.75, 3.05) is 0 Å². The van der Waals surface area contributed by atoms with Gasteiger partial charge in [0.05, 0.1) is 12.2 Å². The van der Waals surface area contributed by atoms with Crippen molar-refractivity contribution >= 4 is 0 Å². The molecule has 0 aliphatic carbocycles. The van der Waals surface area contributed by atoms with Gasteiger partial charge in [-0.15, -0.1) is 10.2 Å². The number of rotatable bonds is 3. The fourth-order valence-corrected chi connectivity index (χ4v) is 1.40. The molecular weight excluding hydrogens is 192 g/mol. The van der Waals surface area contributed by atoms with Gasteiger partial charge >= 0.3 is 0 Å². The molecule has 0 unspecified atom stereocenters. The summed E-state index contributed by atoms with van der Waals surface area (Å²) in [5.41, 5.74) is 1.91. The van der Waals surface area contributed by atoms with Crippen LogP contribution in [0.5, 0.6) is 0 Å². The Morgan fingerprint density at radius 2 is 2.27 bits per heavy atom. The number of aliphatic hydroxyl groups is 1. The van der Waals surface area contributed by atoms with E-state index in [2.05, 4.69) is 15.2 Å². The summed E-state index contributed by atoms with van der Waals surface area (Å²) in [6.45, 7) is 2.43. The Hall–Kier alpha value is -1.75. The Morgan fingerprint density at radius 3 is 3.00 bits per heavy atom. The summed E-state index contributed by atoms with van der Waals surface area (Å²) in [5.74, 6) is 0.554. The van der Waals surface area contributed by atoms with Crippen molar-refractivity contribution in [2.45, 2.75) is 20.1 Å². The fraction of sp³-hybridized carbons (Fsp3) is 0.300. The highest BCUT2D eigenvalue weighted by Crippen LogP contribution is 2.03. The maximum absolute atomic E-state index is 9.00. The molecule has 0 aromatic carbocycles. The van der Waals surface area contributed by atoms with E-state index in [0.717, 1.165) is 11.4 Å². The summed E-state index contributed by atoms with van der Waals surface area (Å²) < 4.78 is 1.78. The minimum absolute atomic E-state index is 0.105. The number of aliphatic hydroxyl groups excluding tert-OH is 1. The first-order valence-corrected chi connectivity index (χ1v) is 4.69. The van der Waals surface area contributed by atoms with Crippen LogP contribution in [0.1, 0.15) is 17.2 Å². The summed E-state index contributed by atoms with van der Waals surface area (Å²) in [5, 5.41) is 16.5. The highest BCUT2D eigenvalue weighted by molar-refractivity contribution is 5.10. The second-order valence-corrected chi connectivity index (χ2v) is 3.30. The van der Waals surface area contributed by atoms with Gasteiger partial charge < -0.3 is 9.67 Å². The van der Waals surface area contributed by atoms with Crippen molar-refractivity contribution in [1.82, 2.24) is 19.7 Å². The van der Waals surface area contributed by atoms with Crippen molar-refractivity contribution in [3.05, 3.63) is 41.7 Å². The summed E-state index contributed by atoms with van der Waals surface area (Å²) in [4.78, 5) is 4.37. The lowest BCUT2D eigenvalue weighted by Crippen LogP contribution is -2.05. The fourth-order valence-electron chi connectivity index (χ4n) is 1.40. The second kappa shape index (κ2) is 4.18. The summed E-state index contributed by atoms with van der Waals surface area (Å²) >= 11 is 0. The van der Waals surface area contributed by atoms with Gasteiger partial charge in [0, 0.05) is 5.69 Å². The van der Waals surface area contributed by atoms with Gasteiger partial charge in [0.1, 0.15) is 12.9 Å². The number of hydrogen-bond acceptors (Lipinski definition) is 4. The zero-order valence-corrected chi connectivity index (χ0v) is 8.46. The molecule has 15 heavy (non-hydrogen) atoms. The molecule has 2 heterocycles. The van der Waals surface area contributed by atoms with Gasteiger partial charge in [0.2, 0.25) is 0 Å². The van der Waals surface area contributed by atoms with Crippen LogP contribution in [0.15, 0.2) is 24.5 Å². The first kappa shape index (κ1) is 9.79. The Bertz CT molecular complexity index is 452. The van der Waals surface area contributed by atoms with Crippen LogP contribution in [0.2, 0.25) is 0 Å². The largest absolute Gasteiger partial charge is 0.388 e. The van der Waals surface area contributed by atoms with E-state index in [9.17, 15) is 0 Å². The minimum Gasteiger partial charge on any atom is -0.388 e. The molecule has 0 atom stereocenters. The molecule has 0 aliphatic heterocycles. The predicted molar refractivity (Wildman–Crippen MR) is 54.0 cm³/mol. The van der Waals surface area contributed by atoms with Gasteiger partial charge in [-0.1, -0.05) is 6.07 Å². The standard InChI is InChI=1S/C10H12N4O/c1-8-3-2-4-9(12-8)5-14-7-11-13-10(14)6-15/h2-4,7,15H,5-6H2,1H3. The quantitative estimate of drug-likeness (QED) is 0.791. The minimum atomic E-state index is -0.105. The van der Waals surface area contributed by atoms with Gasteiger partial charge in [-0.3, -0.25) is 4.98 Å². The summed E-state index contributed by atoms with van der Waals surface area (Å²) in [7, 11) is 0. The van der Waals surface area contributed by atoms with Crippen LogP contribution in [0.3, 0.4) is 0 Å². The topological polar surface area (TPSA) is 63.8 Å². The predicted octanol–water partition coefficient (Wildman–Crippen LogP) is 0.522. The number of hydrogen-bond donors (Lipinski definition) is 1. The second-order valence-electron chi connectivity index (χ2n) is 3.30. The zero-order valence-electron chi connectivity index (χ0n) is 8.46. The van der Waals surface area contributed by atoms with Crippen LogP contribution in [-0.4, -0.2) is 24.9 Å². The molecule has 0 spiro atoms. The van der Waals surface area contributed by atoms with E-state index < -0.39 is 0 Å². The van der Waals surface area contributed by atoms with Gasteiger partial charge in [-0.05, 0) is 19.1 Å². The lowest BCUT2D eigenvalue weighted by Gasteiger charge is -2.04. The molecule has 2 aromatic rings. The number of aromatic nitrogens is 4. The molecule has 2 rings (SSSR count). The van der Waals surface area contributed by atoms with Crippen molar-refractivity contribution in [1.29, 1.82) is 0 Å². The van der Waals surface area contributed by atoms with E-state index in [1.807, 2.05) is 25.1 Å². The van der Waals surface area contributed by atoms with Gasteiger partial charge in [0.25, 0.3) is 0 Å². The van der Waals surface area contributed by atoms with Crippen molar-refractivity contribution in [2.24, 2.45) is 0 Å². The monoisotopic (exact) mass is 204 g/mol. The molecule has 2 aromatic heterocycles. The number of nitrogens with zero attached hydrogens (tertiary/aromatic N) is 4. The molecule has 5 nitrogen and oxygen atoms in total. The van der Waals surface area contributed by atoms with Crippen LogP contribution in [-0.2, 0) is 13.2 Å². The van der Waals surface area contributed by atoms with Crippen LogP contribution < -0.4 is 0 Å². The third kappa shape index (κ3) is 2.19. The SMILES string of the molecule is Cc1cccc(Cn2cnnc2CO)n1. The number of pyridine rings is 1. The molecule has 0 saturated heterocycles. The average Bonchev–Trinajstić information content (AvgIpc) is 2.65. The molecule has 0 saturated carbocycles. The Morgan fingerprint density at radius 1 is 1.40 bits per heavy atom. The van der Waals surface area contributed by atoms with Crippen LogP contribution in [0, 0.1) is 6.92 Å². The van der Waals surface area contributed by atoms with E-state index in [-0.39, 0.29) is 6.61 Å². The molecule has 5 heteroatoms.